The number of fused-ring (bicyclic) bond motifs is 1. The molecule has 1 aliphatic carbocycles. The van der Waals surface area contributed by atoms with Crippen LogP contribution in [0.15, 0.2) is 24.3 Å². The van der Waals surface area contributed by atoms with Crippen LogP contribution in [0.25, 0.3) is 11.0 Å². The van der Waals surface area contributed by atoms with Crippen LogP contribution in [-0.4, -0.2) is 21.6 Å². The van der Waals surface area contributed by atoms with E-state index in [1.807, 2.05) is 0 Å². The molecule has 3 rings (SSSR count). The topological polar surface area (TPSA) is 29.9 Å². The van der Waals surface area contributed by atoms with E-state index in [1.165, 1.54) is 24.2 Å². The van der Waals surface area contributed by atoms with Gasteiger partial charge in [0, 0.05) is 25.0 Å². The van der Waals surface area contributed by atoms with Gasteiger partial charge in [-0.3, -0.25) is 0 Å². The van der Waals surface area contributed by atoms with Crippen molar-refractivity contribution >= 4 is 11.0 Å². The smallest absolute Gasteiger partial charge is 0.110 e. The van der Waals surface area contributed by atoms with Crippen molar-refractivity contribution < 1.29 is 0 Å². The highest BCUT2D eigenvalue weighted by Gasteiger charge is 2.25. The van der Waals surface area contributed by atoms with E-state index in [-0.39, 0.29) is 0 Å². The molecule has 1 N–H and O–H groups in total. The minimum absolute atomic E-state index is 0.562. The van der Waals surface area contributed by atoms with Crippen molar-refractivity contribution in [1.29, 1.82) is 0 Å². The Balaban J connectivity index is 1.79. The summed E-state index contributed by atoms with van der Waals surface area (Å²) in [4.78, 5) is 4.88. The van der Waals surface area contributed by atoms with Gasteiger partial charge in [-0.25, -0.2) is 4.98 Å². The Morgan fingerprint density at radius 3 is 2.76 bits per heavy atom. The molecule has 1 aromatic heterocycles. The first-order valence-electron chi connectivity index (χ1n) is 8.39. The Hall–Kier alpha value is -1.35. The monoisotopic (exact) mass is 285 g/mol. The zero-order valence-corrected chi connectivity index (χ0v) is 13.5. The van der Waals surface area contributed by atoms with Crippen molar-refractivity contribution in [3.05, 3.63) is 30.1 Å². The van der Waals surface area contributed by atoms with Crippen LogP contribution in [0.1, 0.15) is 45.9 Å². The lowest BCUT2D eigenvalue weighted by Crippen LogP contribution is -2.35. The average molecular weight is 285 g/mol. The van der Waals surface area contributed by atoms with Crippen molar-refractivity contribution in [2.45, 2.75) is 65.1 Å². The van der Waals surface area contributed by atoms with Crippen LogP contribution in [0.3, 0.4) is 0 Å². The molecule has 1 saturated carbocycles. The summed E-state index contributed by atoms with van der Waals surface area (Å²) in [5.41, 5.74) is 2.42. The molecule has 0 amide bonds. The van der Waals surface area contributed by atoms with E-state index < -0.39 is 0 Å². The molecule has 2 aromatic rings. The lowest BCUT2D eigenvalue weighted by atomic mass is 9.99. The van der Waals surface area contributed by atoms with Gasteiger partial charge in [0.2, 0.25) is 0 Å². The van der Waals surface area contributed by atoms with E-state index in [0.29, 0.717) is 12.0 Å². The number of rotatable bonds is 7. The van der Waals surface area contributed by atoms with Crippen LogP contribution in [0.4, 0.5) is 0 Å². The zero-order valence-electron chi connectivity index (χ0n) is 13.5. The molecule has 3 heteroatoms. The first-order chi connectivity index (χ1) is 10.2. The van der Waals surface area contributed by atoms with Crippen LogP contribution in [-0.2, 0) is 13.0 Å². The lowest BCUT2D eigenvalue weighted by Gasteiger charge is -2.21. The van der Waals surface area contributed by atoms with Gasteiger partial charge in [-0.1, -0.05) is 26.0 Å². The number of para-hydroxylation sites is 2. The number of hydrogen-bond donors (Lipinski definition) is 1. The van der Waals surface area contributed by atoms with E-state index >= 15 is 0 Å². The quantitative estimate of drug-likeness (QED) is 0.839. The minimum Gasteiger partial charge on any atom is -0.328 e. The molecule has 0 radical (unpaired) electrons. The maximum atomic E-state index is 4.88. The molecule has 1 heterocycles. The first-order valence-corrected chi connectivity index (χ1v) is 8.39. The van der Waals surface area contributed by atoms with Gasteiger partial charge in [0.05, 0.1) is 11.0 Å². The molecule has 0 spiro atoms. The standard InChI is InChI=1S/C18H27N3/c1-4-11-21-17-8-6-5-7-16(17)20-18(21)12-13(2)14(3)19-15-9-10-15/h5-8,13-15,19H,4,9-12H2,1-3H3. The maximum absolute atomic E-state index is 4.88. The van der Waals surface area contributed by atoms with Gasteiger partial charge in [0.25, 0.3) is 0 Å². The zero-order chi connectivity index (χ0) is 14.8. The van der Waals surface area contributed by atoms with Crippen molar-refractivity contribution in [1.82, 2.24) is 14.9 Å². The second-order valence-corrected chi connectivity index (χ2v) is 6.58. The molecule has 1 aliphatic rings. The summed E-state index contributed by atoms with van der Waals surface area (Å²) in [6.45, 7) is 7.96. The summed E-state index contributed by atoms with van der Waals surface area (Å²) in [6, 6.07) is 9.85. The summed E-state index contributed by atoms with van der Waals surface area (Å²) in [5.74, 6) is 1.85. The summed E-state index contributed by atoms with van der Waals surface area (Å²) in [7, 11) is 0. The van der Waals surface area contributed by atoms with Gasteiger partial charge in [-0.2, -0.15) is 0 Å². The Bertz CT molecular complexity index is 598. The van der Waals surface area contributed by atoms with Crippen LogP contribution >= 0.6 is 0 Å². The number of hydrogen-bond acceptors (Lipinski definition) is 2. The molecule has 114 valence electrons. The van der Waals surface area contributed by atoms with Crippen LogP contribution in [0.5, 0.6) is 0 Å². The van der Waals surface area contributed by atoms with Crippen LogP contribution in [0, 0.1) is 5.92 Å². The Morgan fingerprint density at radius 2 is 2.05 bits per heavy atom. The van der Waals surface area contributed by atoms with Crippen molar-refractivity contribution in [2.24, 2.45) is 5.92 Å². The van der Waals surface area contributed by atoms with E-state index in [4.69, 9.17) is 4.98 Å². The molecule has 1 fully saturated rings. The number of aromatic nitrogens is 2. The van der Waals surface area contributed by atoms with E-state index in [1.54, 1.807) is 0 Å². The van der Waals surface area contributed by atoms with Crippen molar-refractivity contribution in [3.63, 3.8) is 0 Å². The number of nitrogens with one attached hydrogen (secondary N) is 1. The van der Waals surface area contributed by atoms with Crippen molar-refractivity contribution in [3.8, 4) is 0 Å². The van der Waals surface area contributed by atoms with E-state index in [2.05, 4.69) is 54.9 Å². The van der Waals surface area contributed by atoms with Crippen molar-refractivity contribution in [2.75, 3.05) is 0 Å². The molecule has 2 atom stereocenters. The minimum atomic E-state index is 0.562. The summed E-state index contributed by atoms with van der Waals surface area (Å²) in [6.07, 6.45) is 4.91. The van der Waals surface area contributed by atoms with Crippen LogP contribution in [0.2, 0.25) is 0 Å². The number of aryl methyl sites for hydroxylation is 1. The predicted octanol–water partition coefficient (Wildman–Crippen LogP) is 3.77. The van der Waals surface area contributed by atoms with Gasteiger partial charge in [0.1, 0.15) is 5.82 Å². The molecule has 1 aromatic carbocycles. The van der Waals surface area contributed by atoms with Gasteiger partial charge in [0.15, 0.2) is 0 Å². The normalized spacial score (nSPS) is 18.0. The highest BCUT2D eigenvalue weighted by atomic mass is 15.1. The third-order valence-corrected chi connectivity index (χ3v) is 4.61. The van der Waals surface area contributed by atoms with Gasteiger partial charge >= 0.3 is 0 Å². The highest BCUT2D eigenvalue weighted by Crippen LogP contribution is 2.23. The Kier molecular flexibility index (Phi) is 4.29. The Morgan fingerprint density at radius 1 is 1.29 bits per heavy atom. The molecule has 3 nitrogen and oxygen atoms in total. The molecule has 0 aliphatic heterocycles. The summed E-state index contributed by atoms with van der Waals surface area (Å²) in [5, 5.41) is 3.72. The van der Waals surface area contributed by atoms with E-state index in [0.717, 1.165) is 30.9 Å². The largest absolute Gasteiger partial charge is 0.328 e. The molecular weight excluding hydrogens is 258 g/mol. The molecule has 21 heavy (non-hydrogen) atoms. The fourth-order valence-electron chi connectivity index (χ4n) is 3.01. The van der Waals surface area contributed by atoms with Crippen LogP contribution < -0.4 is 5.32 Å². The first kappa shape index (κ1) is 14.6. The lowest BCUT2D eigenvalue weighted by molar-refractivity contribution is 0.385. The summed E-state index contributed by atoms with van der Waals surface area (Å²) >= 11 is 0. The van der Waals surface area contributed by atoms with E-state index in [9.17, 15) is 0 Å². The third-order valence-electron chi connectivity index (χ3n) is 4.61. The van der Waals surface area contributed by atoms with Gasteiger partial charge < -0.3 is 9.88 Å². The maximum Gasteiger partial charge on any atom is 0.110 e. The number of benzene rings is 1. The molecule has 2 unspecified atom stereocenters. The van der Waals surface area contributed by atoms with Gasteiger partial charge in [-0.05, 0) is 44.2 Å². The Labute approximate surface area is 127 Å². The molecular formula is C18H27N3. The molecule has 0 bridgehead atoms. The molecule has 0 saturated heterocycles. The number of nitrogens with zero attached hydrogens (tertiary/aromatic N) is 2. The summed E-state index contributed by atoms with van der Waals surface area (Å²) < 4.78 is 2.41. The predicted molar refractivity (Wildman–Crippen MR) is 88.5 cm³/mol. The fourth-order valence-corrected chi connectivity index (χ4v) is 3.01. The third kappa shape index (κ3) is 3.29. The fraction of sp³-hybridized carbons (Fsp3) is 0.611. The average Bonchev–Trinajstić information content (AvgIpc) is 3.22. The SMILES string of the molecule is CCCn1c(CC(C)C(C)NC2CC2)nc2ccccc21. The van der Waals surface area contributed by atoms with Gasteiger partial charge in [-0.15, -0.1) is 0 Å². The second-order valence-electron chi connectivity index (χ2n) is 6.58. The highest BCUT2D eigenvalue weighted by molar-refractivity contribution is 5.75. The second kappa shape index (κ2) is 6.18. The number of imidazole rings is 1.